The van der Waals surface area contributed by atoms with Crippen LogP contribution in [0.2, 0.25) is 0 Å². The molecule has 1 aliphatic heterocycles. The zero-order valence-corrected chi connectivity index (χ0v) is 30.6. The Balaban J connectivity index is 1.55. The van der Waals surface area contributed by atoms with Crippen LogP contribution in [0.3, 0.4) is 0 Å². The minimum Gasteiger partial charge on any atom is -0.487 e. The van der Waals surface area contributed by atoms with Gasteiger partial charge in [0.15, 0.2) is 4.80 Å². The highest BCUT2D eigenvalue weighted by Gasteiger charge is 2.35. The largest absolute Gasteiger partial charge is 0.487 e. The number of aromatic nitrogens is 1. The van der Waals surface area contributed by atoms with Gasteiger partial charge in [-0.1, -0.05) is 81.9 Å². The number of thioether (sulfide) groups is 1. The molecule has 0 amide bonds. The Morgan fingerprint density at radius 3 is 2.49 bits per heavy atom. The Morgan fingerprint density at radius 1 is 1.09 bits per heavy atom. The van der Waals surface area contributed by atoms with Crippen molar-refractivity contribution in [2.75, 3.05) is 12.9 Å². The summed E-state index contributed by atoms with van der Waals surface area (Å²) in [6, 6.07) is 26.5. The number of halogens is 3. The fourth-order valence-corrected chi connectivity index (χ4v) is 8.37. The molecule has 0 N–H and O–H groups in total. The number of hydrogen-bond donors (Lipinski definition) is 0. The summed E-state index contributed by atoms with van der Waals surface area (Å²) in [5, 5.41) is 0. The first-order valence-electron chi connectivity index (χ1n) is 14.6. The number of fused-ring (bicyclic) bond motifs is 1. The van der Waals surface area contributed by atoms with Crippen molar-refractivity contribution in [2.45, 2.75) is 24.5 Å². The van der Waals surface area contributed by atoms with Crippen LogP contribution < -0.4 is 19.6 Å². The molecule has 0 aliphatic carbocycles. The van der Waals surface area contributed by atoms with E-state index in [1.165, 1.54) is 23.5 Å². The van der Waals surface area contributed by atoms with E-state index in [1.807, 2.05) is 73.0 Å². The molecule has 0 radical (unpaired) electrons. The van der Waals surface area contributed by atoms with Gasteiger partial charge < -0.3 is 9.47 Å². The van der Waals surface area contributed by atoms with Crippen molar-refractivity contribution in [3.8, 4) is 5.75 Å². The lowest BCUT2D eigenvalue weighted by atomic mass is 9.93. The third-order valence-electron chi connectivity index (χ3n) is 7.43. The van der Waals surface area contributed by atoms with Crippen LogP contribution in [0.1, 0.15) is 35.2 Å². The van der Waals surface area contributed by atoms with E-state index < -0.39 is 12.0 Å². The highest BCUT2D eigenvalue weighted by atomic mass is 127. The molecule has 0 spiro atoms. The number of nitrogens with zero attached hydrogens (tertiary/aromatic N) is 2. The molecule has 1 aliphatic rings. The van der Waals surface area contributed by atoms with Gasteiger partial charge in [-0.25, -0.2) is 14.2 Å². The van der Waals surface area contributed by atoms with Crippen molar-refractivity contribution in [2.24, 2.45) is 4.99 Å². The summed E-state index contributed by atoms with van der Waals surface area (Å²) in [5.41, 5.74) is 3.48. The second-order valence-corrected chi connectivity index (χ2v) is 14.4. The van der Waals surface area contributed by atoms with E-state index in [4.69, 9.17) is 14.5 Å². The van der Waals surface area contributed by atoms with Crippen LogP contribution in [-0.4, -0.2) is 23.4 Å². The smallest absolute Gasteiger partial charge is 0.338 e. The molecule has 1 aromatic heterocycles. The van der Waals surface area contributed by atoms with Crippen molar-refractivity contribution < 1.29 is 18.7 Å². The van der Waals surface area contributed by atoms with Gasteiger partial charge in [0.05, 0.1) is 32.0 Å². The third kappa shape index (κ3) is 7.18. The minimum atomic E-state index is -0.768. The second kappa shape index (κ2) is 14.7. The van der Waals surface area contributed by atoms with Gasteiger partial charge in [0, 0.05) is 20.5 Å². The summed E-state index contributed by atoms with van der Waals surface area (Å²) >= 11 is 8.64. The van der Waals surface area contributed by atoms with Crippen LogP contribution in [-0.2, 0) is 16.1 Å². The molecular formula is C36H27BrFIN2O4S2. The zero-order chi connectivity index (χ0) is 33.1. The lowest BCUT2D eigenvalue weighted by Crippen LogP contribution is -2.40. The van der Waals surface area contributed by atoms with E-state index in [-0.39, 0.29) is 24.6 Å². The van der Waals surface area contributed by atoms with Crippen LogP contribution in [0.4, 0.5) is 4.39 Å². The van der Waals surface area contributed by atoms with Gasteiger partial charge in [0.25, 0.3) is 5.56 Å². The van der Waals surface area contributed by atoms with Crippen LogP contribution in [0, 0.1) is 9.39 Å². The Kier molecular flexibility index (Phi) is 10.5. The lowest BCUT2D eigenvalue weighted by molar-refractivity contribution is -0.138. The molecule has 238 valence electrons. The average molecular weight is 842 g/mol. The monoisotopic (exact) mass is 840 g/mol. The van der Waals surface area contributed by atoms with Crippen LogP contribution in [0.25, 0.3) is 11.8 Å². The van der Waals surface area contributed by atoms with Gasteiger partial charge in [0.2, 0.25) is 0 Å². The molecule has 11 heteroatoms. The SMILES string of the molecule is CCOC(=O)C1=C(c2ccccc2)N=c2s/c(=C\c3cc(Br)cc(I)c3OCc3ccc(F)cc3)c(=O)n2[C@@H]1c1ccc(SC)cc1. The highest BCUT2D eigenvalue weighted by Crippen LogP contribution is 2.36. The Bertz CT molecular complexity index is 2170. The molecule has 6 rings (SSSR count). The van der Waals surface area contributed by atoms with Gasteiger partial charge >= 0.3 is 5.97 Å². The lowest BCUT2D eigenvalue weighted by Gasteiger charge is -2.26. The van der Waals surface area contributed by atoms with Crippen molar-refractivity contribution in [1.82, 2.24) is 4.57 Å². The maximum atomic E-state index is 14.4. The summed E-state index contributed by atoms with van der Waals surface area (Å²) in [7, 11) is 0. The summed E-state index contributed by atoms with van der Waals surface area (Å²) in [6.07, 6.45) is 3.79. The first-order chi connectivity index (χ1) is 22.8. The van der Waals surface area contributed by atoms with Crippen LogP contribution in [0.5, 0.6) is 5.75 Å². The Hall–Kier alpha value is -3.52. The number of carbonyl (C=O) groups excluding carboxylic acids is 1. The van der Waals surface area contributed by atoms with Crippen molar-refractivity contribution >= 4 is 79.4 Å². The van der Waals surface area contributed by atoms with Crippen LogP contribution in [0.15, 0.2) is 116 Å². The molecule has 0 saturated carbocycles. The number of hydrogen-bond acceptors (Lipinski definition) is 7. The fourth-order valence-electron chi connectivity index (χ4n) is 5.26. The molecule has 4 aromatic carbocycles. The number of benzene rings is 4. The molecule has 2 heterocycles. The topological polar surface area (TPSA) is 69.9 Å². The molecule has 6 nitrogen and oxygen atoms in total. The highest BCUT2D eigenvalue weighted by molar-refractivity contribution is 14.1. The predicted molar refractivity (Wildman–Crippen MR) is 197 cm³/mol. The first kappa shape index (κ1) is 33.4. The quantitative estimate of drug-likeness (QED) is 0.0864. The maximum absolute atomic E-state index is 14.4. The number of thiazole rings is 1. The Morgan fingerprint density at radius 2 is 1.81 bits per heavy atom. The van der Waals surface area contributed by atoms with E-state index in [0.29, 0.717) is 31.9 Å². The molecule has 0 fully saturated rings. The molecule has 5 aromatic rings. The number of ether oxygens (including phenoxy) is 2. The van der Waals surface area contributed by atoms with Gasteiger partial charge in [0.1, 0.15) is 18.2 Å². The van der Waals surface area contributed by atoms with E-state index in [0.717, 1.165) is 29.6 Å². The van der Waals surface area contributed by atoms with Gasteiger partial charge in [-0.2, -0.15) is 0 Å². The van der Waals surface area contributed by atoms with E-state index >= 15 is 0 Å². The average Bonchev–Trinajstić information content (AvgIpc) is 3.38. The summed E-state index contributed by atoms with van der Waals surface area (Å²) in [5.74, 6) is -0.255. The number of rotatable bonds is 9. The molecule has 0 saturated heterocycles. The fraction of sp³-hybridized carbons (Fsp3) is 0.139. The van der Waals surface area contributed by atoms with E-state index in [1.54, 1.807) is 41.5 Å². The van der Waals surface area contributed by atoms with E-state index in [2.05, 4.69) is 38.5 Å². The van der Waals surface area contributed by atoms with Crippen molar-refractivity contribution in [3.05, 3.63) is 152 Å². The third-order valence-corrected chi connectivity index (χ3v) is 10.4. The van der Waals surface area contributed by atoms with Gasteiger partial charge in [-0.05, 0) is 89.4 Å². The van der Waals surface area contributed by atoms with Crippen molar-refractivity contribution in [3.63, 3.8) is 0 Å². The molecule has 0 bridgehead atoms. The van der Waals surface area contributed by atoms with Crippen LogP contribution >= 0.6 is 61.6 Å². The van der Waals surface area contributed by atoms with Gasteiger partial charge in [-0.3, -0.25) is 9.36 Å². The number of carbonyl (C=O) groups is 1. The number of esters is 1. The zero-order valence-electron chi connectivity index (χ0n) is 25.2. The molecule has 0 unspecified atom stereocenters. The molecular weight excluding hydrogens is 814 g/mol. The summed E-state index contributed by atoms with van der Waals surface area (Å²) in [6.45, 7) is 2.15. The summed E-state index contributed by atoms with van der Waals surface area (Å²) in [4.78, 5) is 34.6. The molecule has 47 heavy (non-hydrogen) atoms. The van der Waals surface area contributed by atoms with Gasteiger partial charge in [-0.15, -0.1) is 11.8 Å². The second-order valence-electron chi connectivity index (χ2n) is 10.4. The Labute approximate surface area is 300 Å². The summed E-state index contributed by atoms with van der Waals surface area (Å²) < 4.78 is 29.0. The standard InChI is InChI=1S/C36H27BrFIN2O4S2/c1-3-44-35(43)30-31(22-7-5-4-6-8-22)40-36-41(32(30)23-11-15-27(46-2)16-12-23)34(42)29(47-36)18-24-17-25(37)19-28(39)33(24)45-20-21-9-13-26(38)14-10-21/h4-19,32H,3,20H2,1-2H3/b29-18-/t32-/m1/s1. The minimum absolute atomic E-state index is 0.176. The normalized spacial score (nSPS) is 14.5. The first-order valence-corrected chi connectivity index (χ1v) is 18.5. The maximum Gasteiger partial charge on any atom is 0.338 e. The van der Waals surface area contributed by atoms with Crippen molar-refractivity contribution in [1.29, 1.82) is 0 Å². The predicted octanol–water partition coefficient (Wildman–Crippen LogP) is 7.74. The van der Waals surface area contributed by atoms with E-state index in [9.17, 15) is 14.0 Å². The molecule has 1 atom stereocenters.